The van der Waals surface area contributed by atoms with Gasteiger partial charge in [0.05, 0.1) is 0 Å². The monoisotopic (exact) mass is 289 g/mol. The molecule has 1 aliphatic heterocycles. The maximum atomic E-state index is 13.3. The van der Waals surface area contributed by atoms with Gasteiger partial charge in [0.15, 0.2) is 0 Å². The Morgan fingerprint density at radius 1 is 1.20 bits per heavy atom. The van der Waals surface area contributed by atoms with E-state index in [1.165, 1.54) is 17.0 Å². The number of nitrogens with two attached hydrogens (primary N) is 1. The summed E-state index contributed by atoms with van der Waals surface area (Å²) in [5.41, 5.74) is 8.13. The van der Waals surface area contributed by atoms with Crippen molar-refractivity contribution in [3.8, 4) is 5.75 Å². The van der Waals surface area contributed by atoms with Crippen LogP contribution in [0.4, 0.5) is 4.39 Å². The van der Waals surface area contributed by atoms with Crippen LogP contribution in [0.1, 0.15) is 29.7 Å². The number of halogens is 1. The maximum Gasteiger partial charge on any atom is 0.127 e. The number of thioether (sulfide) groups is 1. The van der Waals surface area contributed by atoms with Gasteiger partial charge in [-0.1, -0.05) is 18.2 Å². The van der Waals surface area contributed by atoms with Crippen molar-refractivity contribution in [3.05, 3.63) is 59.4 Å². The Bertz CT molecular complexity index is 614. The molecule has 1 aliphatic rings. The summed E-state index contributed by atoms with van der Waals surface area (Å²) < 4.78 is 19.2. The lowest BCUT2D eigenvalue weighted by Gasteiger charge is -2.30. The molecule has 20 heavy (non-hydrogen) atoms. The number of hydrogen-bond donors (Lipinski definition) is 1. The molecule has 0 fully saturated rings. The Hall–Kier alpha value is -1.52. The van der Waals surface area contributed by atoms with Crippen LogP contribution in [0.3, 0.4) is 0 Å². The number of fused-ring (bicyclic) bond motifs is 1. The summed E-state index contributed by atoms with van der Waals surface area (Å²) >= 11 is 1.70. The average Bonchev–Trinajstić information content (AvgIpc) is 2.46. The van der Waals surface area contributed by atoms with Gasteiger partial charge >= 0.3 is 0 Å². The second-order valence-electron chi connectivity index (χ2n) is 4.90. The summed E-state index contributed by atoms with van der Waals surface area (Å²) in [6.07, 6.45) is 2.63. The lowest BCUT2D eigenvalue weighted by Crippen LogP contribution is -2.24. The molecule has 104 valence electrons. The second-order valence-corrected chi connectivity index (χ2v) is 5.78. The van der Waals surface area contributed by atoms with Crippen molar-refractivity contribution >= 4 is 11.8 Å². The molecule has 2 aromatic carbocycles. The Labute approximate surface area is 122 Å². The molecule has 2 nitrogen and oxygen atoms in total. The SMILES string of the molecule is CSc1ccc(C2C[C@@H](N)c3ccc(F)cc3O2)cc1. The molecular weight excluding hydrogens is 273 g/mol. The zero-order valence-electron chi connectivity index (χ0n) is 11.2. The van der Waals surface area contributed by atoms with Crippen molar-refractivity contribution in [1.29, 1.82) is 0 Å². The van der Waals surface area contributed by atoms with Gasteiger partial charge < -0.3 is 10.5 Å². The Morgan fingerprint density at radius 3 is 2.65 bits per heavy atom. The van der Waals surface area contributed by atoms with Gasteiger partial charge in [0.25, 0.3) is 0 Å². The fraction of sp³-hybridized carbons (Fsp3) is 0.250. The highest BCUT2D eigenvalue weighted by Crippen LogP contribution is 2.40. The minimum Gasteiger partial charge on any atom is -0.485 e. The smallest absolute Gasteiger partial charge is 0.127 e. The van der Waals surface area contributed by atoms with E-state index in [9.17, 15) is 4.39 Å². The molecule has 0 bridgehead atoms. The first-order chi connectivity index (χ1) is 9.67. The highest BCUT2D eigenvalue weighted by atomic mass is 32.2. The van der Waals surface area contributed by atoms with Crippen LogP contribution in [0.15, 0.2) is 47.4 Å². The highest BCUT2D eigenvalue weighted by molar-refractivity contribution is 7.98. The lowest BCUT2D eigenvalue weighted by atomic mass is 9.93. The normalized spacial score (nSPS) is 21.1. The standard InChI is InChI=1S/C16H16FNOS/c1-20-12-5-2-10(3-6-12)15-9-14(18)13-7-4-11(17)8-16(13)19-15/h2-8,14-15H,9,18H2,1H3/t14-,15?/m1/s1. The van der Waals surface area contributed by atoms with Crippen LogP contribution in [0.25, 0.3) is 0 Å². The first kappa shape index (κ1) is 13.5. The van der Waals surface area contributed by atoms with Gasteiger partial charge in [-0.15, -0.1) is 11.8 Å². The van der Waals surface area contributed by atoms with Crippen molar-refractivity contribution in [1.82, 2.24) is 0 Å². The molecule has 1 unspecified atom stereocenters. The van der Waals surface area contributed by atoms with E-state index in [4.69, 9.17) is 10.5 Å². The quantitative estimate of drug-likeness (QED) is 0.846. The zero-order valence-corrected chi connectivity index (χ0v) is 12.0. The molecule has 2 atom stereocenters. The van der Waals surface area contributed by atoms with Gasteiger partial charge in [-0.25, -0.2) is 4.39 Å². The van der Waals surface area contributed by atoms with E-state index in [0.29, 0.717) is 12.2 Å². The third kappa shape index (κ3) is 2.53. The number of hydrogen-bond acceptors (Lipinski definition) is 3. The van der Waals surface area contributed by atoms with E-state index in [1.807, 2.05) is 18.4 Å². The molecule has 0 saturated carbocycles. The van der Waals surface area contributed by atoms with Gasteiger partial charge in [0.2, 0.25) is 0 Å². The third-order valence-corrected chi connectivity index (χ3v) is 4.34. The molecule has 1 heterocycles. The van der Waals surface area contributed by atoms with Crippen LogP contribution in [-0.4, -0.2) is 6.26 Å². The first-order valence-corrected chi connectivity index (χ1v) is 7.75. The molecule has 0 saturated heterocycles. The summed E-state index contributed by atoms with van der Waals surface area (Å²) in [4.78, 5) is 1.21. The fourth-order valence-electron chi connectivity index (χ4n) is 2.50. The summed E-state index contributed by atoms with van der Waals surface area (Å²) in [5, 5.41) is 0. The maximum absolute atomic E-state index is 13.3. The molecule has 3 rings (SSSR count). The molecule has 0 aromatic heterocycles. The summed E-state index contributed by atoms with van der Waals surface area (Å²) in [6.45, 7) is 0. The van der Waals surface area contributed by atoms with Gasteiger partial charge in [0, 0.05) is 29.0 Å². The molecule has 4 heteroatoms. The highest BCUT2D eigenvalue weighted by Gasteiger charge is 2.27. The van der Waals surface area contributed by atoms with Crippen molar-refractivity contribution in [2.75, 3.05) is 6.26 Å². The van der Waals surface area contributed by atoms with E-state index in [-0.39, 0.29) is 18.0 Å². The molecule has 0 aliphatic carbocycles. The van der Waals surface area contributed by atoms with Gasteiger partial charge in [-0.05, 0) is 30.0 Å². The molecule has 0 spiro atoms. The second kappa shape index (κ2) is 5.46. The summed E-state index contributed by atoms with van der Waals surface area (Å²) in [6, 6.07) is 12.7. The largest absolute Gasteiger partial charge is 0.485 e. The minimum absolute atomic E-state index is 0.116. The first-order valence-electron chi connectivity index (χ1n) is 6.53. The van der Waals surface area contributed by atoms with Crippen LogP contribution >= 0.6 is 11.8 Å². The van der Waals surface area contributed by atoms with E-state index >= 15 is 0 Å². The molecule has 0 radical (unpaired) electrons. The van der Waals surface area contributed by atoms with E-state index in [0.717, 1.165) is 11.1 Å². The number of ether oxygens (including phenoxy) is 1. The minimum atomic E-state index is -0.297. The van der Waals surface area contributed by atoms with Gasteiger partial charge in [-0.2, -0.15) is 0 Å². The number of benzene rings is 2. The lowest BCUT2D eigenvalue weighted by molar-refractivity contribution is 0.160. The molecular formula is C16H16FNOS. The predicted molar refractivity (Wildman–Crippen MR) is 79.5 cm³/mol. The summed E-state index contributed by atoms with van der Waals surface area (Å²) in [5.74, 6) is 0.261. The van der Waals surface area contributed by atoms with E-state index < -0.39 is 0 Å². The fourth-order valence-corrected chi connectivity index (χ4v) is 2.91. The van der Waals surface area contributed by atoms with Crippen LogP contribution in [0.2, 0.25) is 0 Å². The Balaban J connectivity index is 1.89. The summed E-state index contributed by atoms with van der Waals surface area (Å²) in [7, 11) is 0. The molecule has 2 N–H and O–H groups in total. The van der Waals surface area contributed by atoms with Crippen LogP contribution in [0, 0.1) is 5.82 Å². The van der Waals surface area contributed by atoms with Crippen molar-refractivity contribution < 1.29 is 9.13 Å². The van der Waals surface area contributed by atoms with Gasteiger partial charge in [-0.3, -0.25) is 0 Å². The van der Waals surface area contributed by atoms with Gasteiger partial charge in [0.1, 0.15) is 17.7 Å². The Kier molecular flexibility index (Phi) is 3.68. The van der Waals surface area contributed by atoms with Crippen molar-refractivity contribution in [3.63, 3.8) is 0 Å². The van der Waals surface area contributed by atoms with Crippen LogP contribution in [-0.2, 0) is 0 Å². The van der Waals surface area contributed by atoms with E-state index in [2.05, 4.69) is 12.1 Å². The third-order valence-electron chi connectivity index (χ3n) is 3.60. The molecule has 0 amide bonds. The zero-order chi connectivity index (χ0) is 14.1. The number of rotatable bonds is 2. The van der Waals surface area contributed by atoms with E-state index in [1.54, 1.807) is 17.8 Å². The van der Waals surface area contributed by atoms with Crippen LogP contribution < -0.4 is 10.5 Å². The van der Waals surface area contributed by atoms with Crippen molar-refractivity contribution in [2.45, 2.75) is 23.5 Å². The topological polar surface area (TPSA) is 35.2 Å². The molecule has 2 aromatic rings. The Morgan fingerprint density at radius 2 is 1.95 bits per heavy atom. The average molecular weight is 289 g/mol. The van der Waals surface area contributed by atoms with Crippen LogP contribution in [0.5, 0.6) is 5.75 Å². The van der Waals surface area contributed by atoms with Crippen molar-refractivity contribution in [2.24, 2.45) is 5.73 Å². The predicted octanol–water partition coefficient (Wildman–Crippen LogP) is 4.07.